The molecule has 0 bridgehead atoms. The number of likely N-dealkylation sites (tertiary alicyclic amines) is 1. The molecule has 176 valence electrons. The largest absolute Gasteiger partial charge is 0.339 e. The maximum atomic E-state index is 14.1. The van der Waals surface area contributed by atoms with E-state index in [9.17, 15) is 18.4 Å². The molecule has 2 aromatic rings. The molecule has 2 heterocycles. The lowest BCUT2D eigenvalue weighted by molar-refractivity contribution is 0.0678. The van der Waals surface area contributed by atoms with Crippen molar-refractivity contribution in [2.24, 2.45) is 0 Å². The molecule has 0 atom stereocenters. The molecular formula is C26H31F2N3O2. The number of pyridine rings is 1. The minimum atomic E-state index is -0.846. The molecule has 33 heavy (non-hydrogen) atoms. The molecule has 7 heteroatoms. The van der Waals surface area contributed by atoms with Gasteiger partial charge in [0.2, 0.25) is 0 Å². The van der Waals surface area contributed by atoms with Crippen molar-refractivity contribution in [3.8, 4) is 0 Å². The van der Waals surface area contributed by atoms with Crippen molar-refractivity contribution in [3.63, 3.8) is 0 Å². The fraction of sp³-hybridized carbons (Fsp3) is 0.500. The number of amides is 2. The lowest BCUT2D eigenvalue weighted by Crippen LogP contribution is -2.40. The zero-order chi connectivity index (χ0) is 23.5. The highest BCUT2D eigenvalue weighted by Crippen LogP contribution is 2.32. The molecule has 0 spiro atoms. The third-order valence-corrected chi connectivity index (χ3v) is 7.07. The smallest absolute Gasteiger partial charge is 0.256 e. The highest BCUT2D eigenvalue weighted by atomic mass is 19.1. The fourth-order valence-electron chi connectivity index (χ4n) is 5.08. The number of rotatable bonds is 4. The summed E-state index contributed by atoms with van der Waals surface area (Å²) in [6.45, 7) is 2.78. The van der Waals surface area contributed by atoms with Crippen molar-refractivity contribution in [2.75, 3.05) is 20.1 Å². The van der Waals surface area contributed by atoms with Crippen molar-refractivity contribution < 1.29 is 18.4 Å². The van der Waals surface area contributed by atoms with Crippen LogP contribution in [0.4, 0.5) is 8.78 Å². The van der Waals surface area contributed by atoms with Crippen molar-refractivity contribution in [2.45, 2.75) is 63.8 Å². The van der Waals surface area contributed by atoms with Crippen LogP contribution < -0.4 is 0 Å². The third kappa shape index (κ3) is 5.07. The molecule has 2 fully saturated rings. The first-order chi connectivity index (χ1) is 15.8. The predicted octanol–water partition coefficient (Wildman–Crippen LogP) is 5.09. The van der Waals surface area contributed by atoms with Crippen LogP contribution in [0, 0.1) is 18.6 Å². The molecular weight excluding hydrogens is 424 g/mol. The van der Waals surface area contributed by atoms with Crippen molar-refractivity contribution in [3.05, 3.63) is 64.5 Å². The van der Waals surface area contributed by atoms with Gasteiger partial charge in [-0.05, 0) is 56.9 Å². The van der Waals surface area contributed by atoms with E-state index in [4.69, 9.17) is 4.98 Å². The van der Waals surface area contributed by atoms with E-state index >= 15 is 0 Å². The molecule has 5 nitrogen and oxygen atoms in total. The Balaban J connectivity index is 1.48. The van der Waals surface area contributed by atoms with Gasteiger partial charge in [-0.1, -0.05) is 19.3 Å². The number of benzene rings is 1. The molecule has 1 aliphatic heterocycles. The van der Waals surface area contributed by atoms with E-state index in [1.165, 1.54) is 12.5 Å². The van der Waals surface area contributed by atoms with Crippen molar-refractivity contribution in [1.82, 2.24) is 14.8 Å². The van der Waals surface area contributed by atoms with Gasteiger partial charge in [-0.2, -0.15) is 0 Å². The Bertz CT molecular complexity index is 1030. The van der Waals surface area contributed by atoms with E-state index in [1.54, 1.807) is 4.90 Å². The van der Waals surface area contributed by atoms with E-state index in [0.29, 0.717) is 31.5 Å². The number of hydrogen-bond acceptors (Lipinski definition) is 3. The first-order valence-corrected chi connectivity index (χ1v) is 11.8. The Labute approximate surface area is 193 Å². The summed E-state index contributed by atoms with van der Waals surface area (Å²) in [5, 5.41) is 0. The minimum absolute atomic E-state index is 0.0105. The summed E-state index contributed by atoms with van der Waals surface area (Å²) in [6.07, 6.45) is 6.89. The van der Waals surface area contributed by atoms with Gasteiger partial charge >= 0.3 is 0 Å². The molecule has 2 aliphatic rings. The second-order valence-corrected chi connectivity index (χ2v) is 9.28. The Hall–Kier alpha value is -2.83. The van der Waals surface area contributed by atoms with Crippen LogP contribution in [0.3, 0.4) is 0 Å². The van der Waals surface area contributed by atoms with E-state index in [1.807, 2.05) is 31.0 Å². The first-order valence-electron chi connectivity index (χ1n) is 11.8. The predicted molar refractivity (Wildman–Crippen MR) is 122 cm³/mol. The highest BCUT2D eigenvalue weighted by Gasteiger charge is 2.31. The SMILES string of the molecule is Cc1ccc(C(=O)N(C)C2CCCCC2)c(C2CCN(C(=O)c3ccc(F)cc3F)CC2)n1. The van der Waals surface area contributed by atoms with Gasteiger partial charge in [0.1, 0.15) is 11.6 Å². The maximum absolute atomic E-state index is 14.1. The summed E-state index contributed by atoms with van der Waals surface area (Å²) in [6, 6.07) is 7.05. The van der Waals surface area contributed by atoms with Crippen LogP contribution in [0.1, 0.15) is 83.0 Å². The number of aromatic nitrogens is 1. The van der Waals surface area contributed by atoms with Gasteiger partial charge in [-0.15, -0.1) is 0 Å². The van der Waals surface area contributed by atoms with Gasteiger partial charge in [0.25, 0.3) is 11.8 Å². The number of nitrogens with zero attached hydrogens (tertiary/aromatic N) is 3. The average Bonchev–Trinajstić information content (AvgIpc) is 2.83. The third-order valence-electron chi connectivity index (χ3n) is 7.07. The van der Waals surface area contributed by atoms with Gasteiger partial charge < -0.3 is 9.80 Å². The highest BCUT2D eigenvalue weighted by molar-refractivity contribution is 5.96. The van der Waals surface area contributed by atoms with Gasteiger partial charge in [0.15, 0.2) is 0 Å². The Morgan fingerprint density at radius 2 is 1.64 bits per heavy atom. The molecule has 1 aromatic heterocycles. The molecule has 1 aliphatic carbocycles. The summed E-state index contributed by atoms with van der Waals surface area (Å²) in [4.78, 5) is 34.4. The Morgan fingerprint density at radius 3 is 2.30 bits per heavy atom. The molecule has 0 N–H and O–H groups in total. The monoisotopic (exact) mass is 455 g/mol. The zero-order valence-corrected chi connectivity index (χ0v) is 19.3. The average molecular weight is 456 g/mol. The Morgan fingerprint density at radius 1 is 0.970 bits per heavy atom. The Kier molecular flexibility index (Phi) is 7.05. The van der Waals surface area contributed by atoms with E-state index in [0.717, 1.165) is 49.2 Å². The molecule has 1 aromatic carbocycles. The minimum Gasteiger partial charge on any atom is -0.339 e. The first kappa shape index (κ1) is 23.3. The summed E-state index contributed by atoms with van der Waals surface area (Å²) < 4.78 is 27.3. The number of aryl methyl sites for hydroxylation is 1. The van der Waals surface area contributed by atoms with Crippen LogP contribution >= 0.6 is 0 Å². The lowest BCUT2D eigenvalue weighted by atomic mass is 9.88. The van der Waals surface area contributed by atoms with E-state index < -0.39 is 17.5 Å². The van der Waals surface area contributed by atoms with Gasteiger partial charge in [0, 0.05) is 43.9 Å². The van der Waals surface area contributed by atoms with Crippen LogP contribution in [0.25, 0.3) is 0 Å². The zero-order valence-electron chi connectivity index (χ0n) is 19.3. The van der Waals surface area contributed by atoms with Gasteiger partial charge in [0.05, 0.1) is 16.8 Å². The number of halogens is 2. The second kappa shape index (κ2) is 9.98. The normalized spacial score (nSPS) is 17.8. The lowest BCUT2D eigenvalue weighted by Gasteiger charge is -2.34. The fourth-order valence-corrected chi connectivity index (χ4v) is 5.08. The number of piperidine rings is 1. The van der Waals surface area contributed by atoms with Crippen LogP contribution in [0.5, 0.6) is 0 Å². The topological polar surface area (TPSA) is 53.5 Å². The maximum Gasteiger partial charge on any atom is 0.256 e. The van der Waals surface area contributed by atoms with Crippen LogP contribution in [0.15, 0.2) is 30.3 Å². The van der Waals surface area contributed by atoms with Gasteiger partial charge in [-0.25, -0.2) is 8.78 Å². The number of carbonyl (C=O) groups is 2. The number of carbonyl (C=O) groups excluding carboxylic acids is 2. The van der Waals surface area contributed by atoms with Crippen molar-refractivity contribution >= 4 is 11.8 Å². The summed E-state index contributed by atoms with van der Waals surface area (Å²) >= 11 is 0. The molecule has 4 rings (SSSR count). The van der Waals surface area contributed by atoms with Crippen molar-refractivity contribution in [1.29, 1.82) is 0 Å². The van der Waals surface area contributed by atoms with E-state index in [-0.39, 0.29) is 23.4 Å². The number of hydrogen-bond donors (Lipinski definition) is 0. The van der Waals surface area contributed by atoms with E-state index in [2.05, 4.69) is 0 Å². The van der Waals surface area contributed by atoms with Crippen LogP contribution in [-0.2, 0) is 0 Å². The van der Waals surface area contributed by atoms with Crippen LogP contribution in [0.2, 0.25) is 0 Å². The standard InChI is InChI=1S/C26H31F2N3O2/c1-17-8-10-22(25(32)30(2)20-6-4-3-5-7-20)24(29-17)18-12-14-31(15-13-18)26(33)21-11-9-19(27)16-23(21)28/h8-11,16,18,20H,3-7,12-15H2,1-2H3. The molecule has 0 radical (unpaired) electrons. The summed E-state index contributed by atoms with van der Waals surface area (Å²) in [7, 11) is 1.89. The quantitative estimate of drug-likeness (QED) is 0.645. The molecule has 0 unspecified atom stereocenters. The van der Waals surface area contributed by atoms with Gasteiger partial charge in [-0.3, -0.25) is 14.6 Å². The molecule has 1 saturated carbocycles. The summed E-state index contributed by atoms with van der Waals surface area (Å²) in [5.74, 6) is -1.93. The summed E-state index contributed by atoms with van der Waals surface area (Å²) in [5.41, 5.74) is 2.17. The second-order valence-electron chi connectivity index (χ2n) is 9.28. The van der Waals surface area contributed by atoms with Crippen LogP contribution in [-0.4, -0.2) is 52.8 Å². The molecule has 1 saturated heterocycles. The molecule has 2 amide bonds.